The highest BCUT2D eigenvalue weighted by Crippen LogP contribution is 2.40. The number of carbonyl (C=O) groups is 24. The summed E-state index contributed by atoms with van der Waals surface area (Å²) < 4.78 is 0. The van der Waals surface area contributed by atoms with E-state index in [2.05, 4.69) is 79.3 Å². The van der Waals surface area contributed by atoms with Crippen LogP contribution in [-0.2, 0) is 68.4 Å². The Morgan fingerprint density at radius 2 is 0.452 bits per heavy atom. The highest BCUT2D eigenvalue weighted by molar-refractivity contribution is 6.29. The molecule has 0 aliphatic carbocycles. The fourth-order valence-electron chi connectivity index (χ4n) is 17.4. The number of imide groups is 12. The zero-order valence-electron chi connectivity index (χ0n) is 83.8. The summed E-state index contributed by atoms with van der Waals surface area (Å²) >= 11 is 0. The molecule has 12 aliphatic rings. The molecule has 18 rings (SSSR count). The lowest BCUT2D eigenvalue weighted by atomic mass is 9.82. The summed E-state index contributed by atoms with van der Waals surface area (Å²) in [5.74, 6) is 12.2. The van der Waals surface area contributed by atoms with E-state index in [-0.39, 0.29) is 166 Å². The second-order valence-corrected chi connectivity index (χ2v) is 42.6. The molecule has 6 fully saturated rings. The van der Waals surface area contributed by atoms with Crippen molar-refractivity contribution in [1.82, 2.24) is 61.3 Å². The zero-order chi connectivity index (χ0) is 107. The Hall–Kier alpha value is -16.8. The molecule has 36 heteroatoms. The average Bonchev–Trinajstić information content (AvgIpc) is 1.61. The van der Waals surface area contributed by atoms with E-state index in [1.165, 1.54) is 0 Å². The Balaban J connectivity index is 0.000000147. The highest BCUT2D eigenvalue weighted by Gasteiger charge is 2.53. The first-order chi connectivity index (χ1) is 68.1. The second-order valence-electron chi connectivity index (χ2n) is 42.6. The molecule has 6 unspecified atom stereocenters. The first kappa shape index (κ1) is 107. The van der Waals surface area contributed by atoms with Crippen molar-refractivity contribution in [1.29, 1.82) is 0 Å². The topological polar surface area (TPSA) is 501 Å². The van der Waals surface area contributed by atoms with Crippen molar-refractivity contribution < 1.29 is 115 Å². The lowest BCUT2D eigenvalue weighted by Crippen LogP contribution is -2.54. The van der Waals surface area contributed by atoms with E-state index in [1.54, 1.807) is 97.1 Å². The maximum absolute atomic E-state index is 12.9. The Labute approximate surface area is 840 Å². The summed E-state index contributed by atoms with van der Waals surface area (Å²) in [5.41, 5.74) is 5.92. The van der Waals surface area contributed by atoms with Crippen LogP contribution in [0.4, 0.5) is 0 Å². The van der Waals surface area contributed by atoms with Crippen molar-refractivity contribution >= 4 is 142 Å². The SMILES string of the molecule is CC(C)(C)C#Cc1ccc2c(c1)C(=O)N(C1CCC(=O)NC1=O)C2=O.CC(C)(C)C#Cc1ccc2c(c1)C(=O)N(C1CCC(=O)NC1=O)C2=O.CC(C)(C)C#Cc1cccc2c1C(=O)N(C1CCC(=O)NC1=O)C2=O.CC(C)(C)C#Cc1cccc2c1C(=O)N(C1CCC(=O)NC1=O)C2=O.CC(C)(C)c1ccc2c(c1)C(=O)N(C1CCC(=O)NC1=O)C2=O.CC(C)(C)c1cccc2c1C(=O)N(C1CCC(=O)NC1=O)C2=O. The van der Waals surface area contributed by atoms with Crippen LogP contribution in [0.1, 0.15) is 359 Å². The molecule has 6 aromatic rings. The van der Waals surface area contributed by atoms with Gasteiger partial charge >= 0.3 is 0 Å². The van der Waals surface area contributed by atoms with Gasteiger partial charge in [0.2, 0.25) is 70.9 Å². The smallest absolute Gasteiger partial charge is 0.263 e. The Kier molecular flexibility index (Phi) is 29.9. The van der Waals surface area contributed by atoms with Gasteiger partial charge in [-0.1, -0.05) is 119 Å². The molecule has 0 bridgehead atoms. The first-order valence-corrected chi connectivity index (χ1v) is 47.4. The van der Waals surface area contributed by atoms with Gasteiger partial charge in [-0.3, -0.25) is 176 Å². The van der Waals surface area contributed by atoms with Gasteiger partial charge in [0.15, 0.2) is 0 Å². The van der Waals surface area contributed by atoms with Crippen molar-refractivity contribution in [3.8, 4) is 47.4 Å². The number of carbonyl (C=O) groups excluding carboxylic acids is 24. The summed E-state index contributed by atoms with van der Waals surface area (Å²) in [4.78, 5) is 298. The van der Waals surface area contributed by atoms with Crippen molar-refractivity contribution in [3.63, 3.8) is 0 Å². The number of fused-ring (bicyclic) bond motifs is 6. The van der Waals surface area contributed by atoms with E-state index in [9.17, 15) is 115 Å². The summed E-state index contributed by atoms with van der Waals surface area (Å²) in [7, 11) is 0. The Morgan fingerprint density at radius 1 is 0.226 bits per heavy atom. The number of hydrogen-bond donors (Lipinski definition) is 6. The molecular weight excluding hydrogens is 1870 g/mol. The third-order valence-electron chi connectivity index (χ3n) is 24.7. The van der Waals surface area contributed by atoms with Gasteiger partial charge in [-0.25, -0.2) is 0 Å². The molecule has 6 atom stereocenters. The molecule has 146 heavy (non-hydrogen) atoms. The molecule has 6 N–H and O–H groups in total. The van der Waals surface area contributed by atoms with Crippen molar-refractivity contribution in [2.45, 2.75) is 249 Å². The minimum atomic E-state index is -0.964. The fraction of sp³-hybridized carbons (Fsp3) is 0.382. The van der Waals surface area contributed by atoms with E-state index < -0.39 is 166 Å². The fourth-order valence-corrected chi connectivity index (χ4v) is 17.4. The van der Waals surface area contributed by atoms with Gasteiger partial charge < -0.3 is 0 Å². The van der Waals surface area contributed by atoms with Gasteiger partial charge in [-0.2, -0.15) is 0 Å². The van der Waals surface area contributed by atoms with E-state index >= 15 is 0 Å². The van der Waals surface area contributed by atoms with Crippen LogP contribution in [0.15, 0.2) is 109 Å². The van der Waals surface area contributed by atoms with E-state index in [0.717, 1.165) is 40.5 Å². The summed E-state index contributed by atoms with van der Waals surface area (Å²) in [6.45, 7) is 35.5. The van der Waals surface area contributed by atoms with E-state index in [4.69, 9.17) is 0 Å². The van der Waals surface area contributed by atoms with Gasteiger partial charge in [-0.15, -0.1) is 0 Å². The van der Waals surface area contributed by atoms with Crippen LogP contribution in [0.25, 0.3) is 0 Å². The standard InChI is InChI=1S/4C19H18N2O4.2C17H18N2O4/c2*1-19(2,3)9-8-11-4-5-12-13(10-11)18(25)21(17(12)24)14-6-7-15(22)20-16(14)23;2*1-19(2,3)10-9-11-5-4-6-12-15(11)18(25)21(17(12)24)13-7-8-14(22)20-16(13)23;1-17(2,3)9-4-5-10-11(8-9)16(23)19(15(10)22)12-6-7-13(20)18-14(12)21;1-17(2,3)10-6-4-5-9-13(10)16(23)19(15(9)22)11-7-8-12(20)18-14(11)21/h2*4-5,10,14H,6-7H2,1-3H3,(H,20,22,23);2*4-6,13H,7-8H2,1-3H3,(H,20,22,23);4-5,8,12H,6-7H2,1-3H3,(H,18,20,21);4-6,11H,7-8H2,1-3H3,(H,18,20,21). The van der Waals surface area contributed by atoms with Crippen molar-refractivity contribution in [3.05, 3.63) is 209 Å². The molecule has 24 amide bonds. The third kappa shape index (κ3) is 22.8. The van der Waals surface area contributed by atoms with E-state index in [0.29, 0.717) is 44.5 Å². The lowest BCUT2D eigenvalue weighted by Gasteiger charge is -2.28. The summed E-state index contributed by atoms with van der Waals surface area (Å²) in [6.07, 6.45) is 1.55. The van der Waals surface area contributed by atoms with Gasteiger partial charge in [-0.05, 0) is 222 Å². The largest absolute Gasteiger partial charge is 0.295 e. The minimum absolute atomic E-state index is 0.0977. The summed E-state index contributed by atoms with van der Waals surface area (Å²) in [5, 5.41) is 13.1. The molecule has 0 aromatic heterocycles. The van der Waals surface area contributed by atoms with Crippen LogP contribution in [0, 0.1) is 69.0 Å². The number of amides is 24. The normalized spacial score (nSPS) is 20.6. The van der Waals surface area contributed by atoms with Crippen LogP contribution in [0.2, 0.25) is 0 Å². The third-order valence-corrected chi connectivity index (χ3v) is 24.7. The molecule has 6 saturated heterocycles. The molecule has 752 valence electrons. The first-order valence-electron chi connectivity index (χ1n) is 47.4. The number of nitrogens with zero attached hydrogens (tertiary/aromatic N) is 6. The molecule has 0 radical (unpaired) electrons. The van der Waals surface area contributed by atoms with Gasteiger partial charge in [0.25, 0.3) is 70.9 Å². The molecule has 36 nitrogen and oxygen atoms in total. The van der Waals surface area contributed by atoms with Gasteiger partial charge in [0, 0.05) is 82.4 Å². The minimum Gasteiger partial charge on any atom is -0.295 e. The molecule has 12 aliphatic heterocycles. The summed E-state index contributed by atoms with van der Waals surface area (Å²) in [6, 6.07) is 24.2. The maximum Gasteiger partial charge on any atom is 0.263 e. The Bertz CT molecular complexity index is 6810. The molecule has 0 spiro atoms. The maximum atomic E-state index is 12.9. The number of rotatable bonds is 6. The molecule has 6 aromatic carbocycles. The van der Waals surface area contributed by atoms with Crippen LogP contribution in [0.5, 0.6) is 0 Å². The highest BCUT2D eigenvalue weighted by atomic mass is 16.2. The second kappa shape index (κ2) is 40.9. The number of nitrogens with one attached hydrogen (secondary N) is 6. The molecular formula is C110H108N12O24. The van der Waals surface area contributed by atoms with Gasteiger partial charge in [0.05, 0.1) is 66.8 Å². The average molecular weight is 1980 g/mol. The number of benzene rings is 6. The Morgan fingerprint density at radius 3 is 0.712 bits per heavy atom. The predicted octanol–water partition coefficient (Wildman–Crippen LogP) is 8.71. The number of hydrogen-bond acceptors (Lipinski definition) is 24. The zero-order valence-corrected chi connectivity index (χ0v) is 83.8. The van der Waals surface area contributed by atoms with Crippen LogP contribution in [-0.4, -0.2) is 207 Å². The van der Waals surface area contributed by atoms with Crippen LogP contribution < -0.4 is 31.9 Å². The van der Waals surface area contributed by atoms with Crippen molar-refractivity contribution in [2.75, 3.05) is 0 Å². The number of piperidine rings is 6. The van der Waals surface area contributed by atoms with E-state index in [1.807, 2.05) is 137 Å². The van der Waals surface area contributed by atoms with Crippen molar-refractivity contribution in [2.24, 2.45) is 21.7 Å². The predicted molar refractivity (Wildman–Crippen MR) is 521 cm³/mol. The van der Waals surface area contributed by atoms with Crippen LogP contribution >= 0.6 is 0 Å². The quantitative estimate of drug-likeness (QED) is 0.0670. The molecule has 12 heterocycles. The van der Waals surface area contributed by atoms with Gasteiger partial charge in [0.1, 0.15) is 36.3 Å². The molecule has 0 saturated carbocycles. The lowest BCUT2D eigenvalue weighted by molar-refractivity contribution is -0.137. The van der Waals surface area contributed by atoms with Crippen LogP contribution in [0.3, 0.4) is 0 Å². The monoisotopic (exact) mass is 1980 g/mol.